The SMILES string of the molecule is CCC1CN(c2cc(Br)ccc2Cl)CCN1. The molecular weight excluding hydrogens is 288 g/mol. The number of hydrogen-bond donors (Lipinski definition) is 1. The predicted molar refractivity (Wildman–Crippen MR) is 73.4 cm³/mol. The molecule has 0 aliphatic carbocycles. The van der Waals surface area contributed by atoms with E-state index >= 15 is 0 Å². The van der Waals surface area contributed by atoms with E-state index in [1.165, 1.54) is 0 Å². The van der Waals surface area contributed by atoms with Gasteiger partial charge in [0.1, 0.15) is 0 Å². The first-order valence-electron chi connectivity index (χ1n) is 5.64. The minimum absolute atomic E-state index is 0.573. The van der Waals surface area contributed by atoms with Crippen LogP contribution < -0.4 is 10.2 Å². The van der Waals surface area contributed by atoms with E-state index in [-0.39, 0.29) is 0 Å². The van der Waals surface area contributed by atoms with E-state index in [1.807, 2.05) is 12.1 Å². The summed E-state index contributed by atoms with van der Waals surface area (Å²) >= 11 is 9.73. The summed E-state index contributed by atoms with van der Waals surface area (Å²) in [4.78, 5) is 2.36. The number of piperazine rings is 1. The molecule has 4 heteroatoms. The van der Waals surface area contributed by atoms with Crippen LogP contribution in [0.25, 0.3) is 0 Å². The van der Waals surface area contributed by atoms with Crippen LogP contribution in [0, 0.1) is 0 Å². The van der Waals surface area contributed by atoms with Crippen LogP contribution in [0.2, 0.25) is 5.02 Å². The Morgan fingerprint density at radius 2 is 2.38 bits per heavy atom. The molecule has 1 saturated heterocycles. The lowest BCUT2D eigenvalue weighted by atomic mass is 10.1. The third-order valence-corrected chi connectivity index (χ3v) is 3.81. The zero-order valence-electron chi connectivity index (χ0n) is 9.34. The second-order valence-electron chi connectivity index (χ2n) is 4.10. The Kier molecular flexibility index (Phi) is 4.11. The number of hydrogen-bond acceptors (Lipinski definition) is 2. The Hall–Kier alpha value is -0.250. The van der Waals surface area contributed by atoms with Gasteiger partial charge in [-0.15, -0.1) is 0 Å². The molecule has 0 amide bonds. The summed E-state index contributed by atoms with van der Waals surface area (Å²) < 4.78 is 1.08. The molecule has 0 saturated carbocycles. The first kappa shape index (κ1) is 12.2. The van der Waals surface area contributed by atoms with Gasteiger partial charge in [-0.2, -0.15) is 0 Å². The van der Waals surface area contributed by atoms with Gasteiger partial charge in [0, 0.05) is 30.1 Å². The number of rotatable bonds is 2. The summed E-state index contributed by atoms with van der Waals surface area (Å²) in [6.45, 7) is 5.30. The normalized spacial score (nSPS) is 21.2. The lowest BCUT2D eigenvalue weighted by Crippen LogP contribution is -2.50. The van der Waals surface area contributed by atoms with Gasteiger partial charge in [-0.05, 0) is 24.6 Å². The number of halogens is 2. The average Bonchev–Trinajstić information content (AvgIpc) is 2.32. The van der Waals surface area contributed by atoms with Gasteiger partial charge in [0.15, 0.2) is 0 Å². The highest BCUT2D eigenvalue weighted by atomic mass is 79.9. The highest BCUT2D eigenvalue weighted by Crippen LogP contribution is 2.29. The van der Waals surface area contributed by atoms with Gasteiger partial charge in [-0.3, -0.25) is 0 Å². The summed E-state index contributed by atoms with van der Waals surface area (Å²) in [6.07, 6.45) is 1.15. The average molecular weight is 304 g/mol. The lowest BCUT2D eigenvalue weighted by Gasteiger charge is -2.35. The molecule has 1 aliphatic rings. The van der Waals surface area contributed by atoms with E-state index in [4.69, 9.17) is 11.6 Å². The summed E-state index contributed by atoms with van der Waals surface area (Å²) in [6, 6.07) is 6.60. The van der Waals surface area contributed by atoms with Crippen molar-refractivity contribution in [2.45, 2.75) is 19.4 Å². The van der Waals surface area contributed by atoms with Crippen LogP contribution >= 0.6 is 27.5 Å². The fourth-order valence-electron chi connectivity index (χ4n) is 2.05. The third-order valence-electron chi connectivity index (χ3n) is 3.00. The Morgan fingerprint density at radius 1 is 1.56 bits per heavy atom. The van der Waals surface area contributed by atoms with Gasteiger partial charge in [-0.25, -0.2) is 0 Å². The van der Waals surface area contributed by atoms with Crippen molar-refractivity contribution < 1.29 is 0 Å². The quantitative estimate of drug-likeness (QED) is 0.902. The van der Waals surface area contributed by atoms with Crippen molar-refractivity contribution in [2.24, 2.45) is 0 Å². The molecule has 1 fully saturated rings. The highest BCUT2D eigenvalue weighted by Gasteiger charge is 2.19. The van der Waals surface area contributed by atoms with E-state index < -0.39 is 0 Å². The van der Waals surface area contributed by atoms with Crippen LogP contribution in [-0.4, -0.2) is 25.7 Å². The smallest absolute Gasteiger partial charge is 0.0640 e. The van der Waals surface area contributed by atoms with Gasteiger partial charge >= 0.3 is 0 Å². The van der Waals surface area contributed by atoms with Crippen LogP contribution in [0.15, 0.2) is 22.7 Å². The molecule has 1 heterocycles. The maximum atomic E-state index is 6.24. The summed E-state index contributed by atoms with van der Waals surface area (Å²) in [5.74, 6) is 0. The van der Waals surface area contributed by atoms with Gasteiger partial charge in [-0.1, -0.05) is 34.5 Å². The van der Waals surface area contributed by atoms with Crippen molar-refractivity contribution in [1.29, 1.82) is 0 Å². The first-order valence-corrected chi connectivity index (χ1v) is 6.81. The fraction of sp³-hybridized carbons (Fsp3) is 0.500. The fourth-order valence-corrected chi connectivity index (χ4v) is 2.63. The molecule has 0 radical (unpaired) electrons. The Balaban J connectivity index is 2.19. The monoisotopic (exact) mass is 302 g/mol. The molecule has 1 atom stereocenters. The maximum absolute atomic E-state index is 6.24. The van der Waals surface area contributed by atoms with Crippen LogP contribution in [0.3, 0.4) is 0 Å². The molecule has 2 nitrogen and oxygen atoms in total. The minimum Gasteiger partial charge on any atom is -0.367 e. The highest BCUT2D eigenvalue weighted by molar-refractivity contribution is 9.10. The molecule has 2 rings (SSSR count). The van der Waals surface area contributed by atoms with Crippen molar-refractivity contribution >= 4 is 33.2 Å². The molecule has 0 aromatic heterocycles. The molecule has 0 spiro atoms. The molecule has 1 N–H and O–H groups in total. The van der Waals surface area contributed by atoms with Crippen molar-refractivity contribution in [3.63, 3.8) is 0 Å². The maximum Gasteiger partial charge on any atom is 0.0640 e. The second kappa shape index (κ2) is 5.39. The van der Waals surface area contributed by atoms with Crippen molar-refractivity contribution in [3.8, 4) is 0 Å². The predicted octanol–water partition coefficient (Wildman–Crippen LogP) is 3.29. The lowest BCUT2D eigenvalue weighted by molar-refractivity contribution is 0.447. The largest absolute Gasteiger partial charge is 0.367 e. The number of nitrogens with one attached hydrogen (secondary N) is 1. The van der Waals surface area contributed by atoms with Crippen LogP contribution in [0.1, 0.15) is 13.3 Å². The summed E-state index contributed by atoms with van der Waals surface area (Å²) in [5, 5.41) is 4.34. The molecule has 1 aromatic carbocycles. The molecule has 88 valence electrons. The van der Waals surface area contributed by atoms with Crippen molar-refractivity contribution in [3.05, 3.63) is 27.7 Å². The van der Waals surface area contributed by atoms with E-state index in [0.29, 0.717) is 6.04 Å². The Labute approximate surface area is 110 Å². The molecular formula is C12H16BrClN2. The first-order chi connectivity index (χ1) is 7.70. The van der Waals surface area contributed by atoms with Gasteiger partial charge in [0.25, 0.3) is 0 Å². The van der Waals surface area contributed by atoms with Crippen molar-refractivity contribution in [2.75, 3.05) is 24.5 Å². The summed E-state index contributed by atoms with van der Waals surface area (Å²) in [7, 11) is 0. The molecule has 1 aromatic rings. The van der Waals surface area contributed by atoms with Crippen LogP contribution in [0.5, 0.6) is 0 Å². The number of anilines is 1. The number of nitrogens with zero attached hydrogens (tertiary/aromatic N) is 1. The Bertz CT molecular complexity index is 370. The molecule has 1 aliphatic heterocycles. The molecule has 1 unspecified atom stereocenters. The molecule has 16 heavy (non-hydrogen) atoms. The topological polar surface area (TPSA) is 15.3 Å². The zero-order chi connectivity index (χ0) is 11.5. The standard InChI is InChI=1S/C12H16BrClN2/c1-2-10-8-16(6-5-15-10)12-7-9(13)3-4-11(12)14/h3-4,7,10,15H,2,5-6,8H2,1H3. The van der Waals surface area contributed by atoms with Crippen molar-refractivity contribution in [1.82, 2.24) is 5.32 Å². The minimum atomic E-state index is 0.573. The number of benzene rings is 1. The van der Waals surface area contributed by atoms with E-state index in [2.05, 4.69) is 39.1 Å². The van der Waals surface area contributed by atoms with Crippen LogP contribution in [-0.2, 0) is 0 Å². The Morgan fingerprint density at radius 3 is 3.12 bits per heavy atom. The van der Waals surface area contributed by atoms with Gasteiger partial charge in [0.05, 0.1) is 10.7 Å². The summed E-state index contributed by atoms with van der Waals surface area (Å²) in [5.41, 5.74) is 1.14. The van der Waals surface area contributed by atoms with Gasteiger partial charge < -0.3 is 10.2 Å². The molecule has 0 bridgehead atoms. The zero-order valence-corrected chi connectivity index (χ0v) is 11.7. The van der Waals surface area contributed by atoms with Gasteiger partial charge in [0.2, 0.25) is 0 Å². The second-order valence-corrected chi connectivity index (χ2v) is 5.42. The van der Waals surface area contributed by atoms with E-state index in [0.717, 1.165) is 41.2 Å². The third kappa shape index (κ3) is 2.70. The van der Waals surface area contributed by atoms with E-state index in [9.17, 15) is 0 Å². The van der Waals surface area contributed by atoms with Crippen LogP contribution in [0.4, 0.5) is 5.69 Å². The van der Waals surface area contributed by atoms with E-state index in [1.54, 1.807) is 0 Å².